The molecule has 1 aromatic carbocycles. The maximum Gasteiger partial charge on any atom is 0.140 e. The molecule has 0 radical (unpaired) electrons. The Morgan fingerprint density at radius 3 is 1.78 bits per heavy atom. The van der Waals surface area contributed by atoms with Crippen LogP contribution in [0.1, 0.15) is 59.1 Å². The molecule has 1 aromatic rings. The van der Waals surface area contributed by atoms with Gasteiger partial charge in [-0.15, -0.1) is 0 Å². The Kier molecular flexibility index (Phi) is 13.5. The summed E-state index contributed by atoms with van der Waals surface area (Å²) in [6.07, 6.45) is 0.460. The lowest BCUT2D eigenvalue weighted by atomic mass is 9.89. The van der Waals surface area contributed by atoms with Crippen LogP contribution >= 0.6 is 0 Å². The molecule has 206 valence electrons. The lowest BCUT2D eigenvalue weighted by molar-refractivity contribution is -0.127. The van der Waals surface area contributed by atoms with Crippen LogP contribution < -0.4 is 0 Å². The number of Topliss-reactive ketones (excluding diaryl/α,β-unsaturated/α-hetero) is 1. The molecule has 0 aliphatic carbocycles. The molecule has 1 fully saturated rings. The third-order valence-corrected chi connectivity index (χ3v) is 6.17. The molecule has 1 heterocycles. The van der Waals surface area contributed by atoms with Crippen molar-refractivity contribution in [1.29, 1.82) is 0 Å². The number of rotatable bonds is 16. The third-order valence-electron chi connectivity index (χ3n) is 6.17. The second-order valence-corrected chi connectivity index (χ2v) is 11.6. The highest BCUT2D eigenvalue weighted by Crippen LogP contribution is 2.16. The largest absolute Gasteiger partial charge is 0.379 e. The van der Waals surface area contributed by atoms with Gasteiger partial charge >= 0.3 is 0 Å². The molecule has 7 nitrogen and oxygen atoms in total. The number of piperazine rings is 1. The fourth-order valence-corrected chi connectivity index (χ4v) is 3.75. The van der Waals surface area contributed by atoms with Crippen molar-refractivity contribution in [2.24, 2.45) is 5.41 Å². The van der Waals surface area contributed by atoms with Crippen molar-refractivity contribution >= 4 is 5.78 Å². The van der Waals surface area contributed by atoms with Gasteiger partial charge in [-0.05, 0) is 31.9 Å². The lowest BCUT2D eigenvalue weighted by Gasteiger charge is -2.34. The molecule has 0 N–H and O–H groups in total. The summed E-state index contributed by atoms with van der Waals surface area (Å²) >= 11 is 0. The number of ketones is 1. The van der Waals surface area contributed by atoms with Crippen molar-refractivity contribution in [3.8, 4) is 0 Å². The Labute approximate surface area is 219 Å². The van der Waals surface area contributed by atoms with Gasteiger partial charge in [0, 0.05) is 51.1 Å². The maximum absolute atomic E-state index is 11.8. The van der Waals surface area contributed by atoms with E-state index in [9.17, 15) is 4.79 Å². The van der Waals surface area contributed by atoms with Crippen molar-refractivity contribution in [2.75, 3.05) is 72.4 Å². The summed E-state index contributed by atoms with van der Waals surface area (Å²) in [5, 5.41) is 0. The van der Waals surface area contributed by atoms with Crippen molar-refractivity contribution in [3.63, 3.8) is 0 Å². The molecule has 0 aromatic heterocycles. The first-order valence-electron chi connectivity index (χ1n) is 13.5. The average molecular weight is 507 g/mol. The smallest absolute Gasteiger partial charge is 0.140 e. The number of ether oxygens (including phenoxy) is 4. The van der Waals surface area contributed by atoms with Gasteiger partial charge in [0.15, 0.2) is 0 Å². The Morgan fingerprint density at radius 2 is 1.22 bits per heavy atom. The maximum atomic E-state index is 11.8. The standard InChI is InChI=1S/C29H50N2O5/c1-28(2,3)27(32)11-17-33-19-21-35-22-20-34-18-16-30-12-14-31(15-13-30)23-25-7-9-26(10-8-25)24-36-29(4,5)6/h7-10H,11-24H2,1-6H3. The molecule has 2 rings (SSSR count). The van der Waals surface area contributed by atoms with Gasteiger partial charge in [0.05, 0.1) is 51.8 Å². The normalized spacial score (nSPS) is 15.9. The van der Waals surface area contributed by atoms with E-state index in [0.717, 1.165) is 45.9 Å². The summed E-state index contributed by atoms with van der Waals surface area (Å²) in [7, 11) is 0. The Bertz CT molecular complexity index is 732. The van der Waals surface area contributed by atoms with E-state index in [2.05, 4.69) is 54.8 Å². The zero-order valence-electron chi connectivity index (χ0n) is 23.6. The van der Waals surface area contributed by atoms with Gasteiger partial charge in [-0.1, -0.05) is 45.0 Å². The highest BCUT2D eigenvalue weighted by Gasteiger charge is 2.20. The molecule has 1 aliphatic rings. The van der Waals surface area contributed by atoms with Crippen LogP contribution in [0.15, 0.2) is 24.3 Å². The number of benzene rings is 1. The van der Waals surface area contributed by atoms with Crippen molar-refractivity contribution in [2.45, 2.75) is 66.7 Å². The molecule has 0 unspecified atom stereocenters. The van der Waals surface area contributed by atoms with E-state index >= 15 is 0 Å². The van der Waals surface area contributed by atoms with Crippen LogP contribution in [0.4, 0.5) is 0 Å². The van der Waals surface area contributed by atoms with E-state index < -0.39 is 0 Å². The number of hydrogen-bond acceptors (Lipinski definition) is 7. The highest BCUT2D eigenvalue weighted by molar-refractivity contribution is 5.83. The molecule has 36 heavy (non-hydrogen) atoms. The fraction of sp³-hybridized carbons (Fsp3) is 0.759. The predicted molar refractivity (Wildman–Crippen MR) is 144 cm³/mol. The second-order valence-electron chi connectivity index (χ2n) is 11.6. The van der Waals surface area contributed by atoms with Gasteiger partial charge in [0.25, 0.3) is 0 Å². The quantitative estimate of drug-likeness (QED) is 0.312. The first-order valence-corrected chi connectivity index (χ1v) is 13.5. The molecule has 1 aliphatic heterocycles. The Balaban J connectivity index is 1.44. The number of nitrogens with zero attached hydrogens (tertiary/aromatic N) is 2. The van der Waals surface area contributed by atoms with Gasteiger partial charge in [-0.3, -0.25) is 14.6 Å². The monoisotopic (exact) mass is 506 g/mol. The van der Waals surface area contributed by atoms with Crippen LogP contribution in [0, 0.1) is 5.41 Å². The minimum absolute atomic E-state index is 0.109. The highest BCUT2D eigenvalue weighted by atomic mass is 16.5. The lowest BCUT2D eigenvalue weighted by Crippen LogP contribution is -2.46. The molecule has 0 atom stereocenters. The molecule has 0 amide bonds. The topological polar surface area (TPSA) is 60.5 Å². The minimum atomic E-state index is -0.292. The van der Waals surface area contributed by atoms with Gasteiger partial charge in [-0.25, -0.2) is 0 Å². The van der Waals surface area contributed by atoms with E-state index in [0.29, 0.717) is 46.1 Å². The van der Waals surface area contributed by atoms with Crippen LogP contribution in [-0.4, -0.2) is 93.5 Å². The van der Waals surface area contributed by atoms with Gasteiger partial charge in [0.2, 0.25) is 0 Å². The first-order chi connectivity index (χ1) is 17.0. The average Bonchev–Trinajstić information content (AvgIpc) is 2.82. The van der Waals surface area contributed by atoms with Crippen LogP contribution in [0.5, 0.6) is 0 Å². The van der Waals surface area contributed by atoms with Crippen LogP contribution in [0.3, 0.4) is 0 Å². The predicted octanol–water partition coefficient (Wildman–Crippen LogP) is 4.17. The van der Waals surface area contributed by atoms with E-state index in [-0.39, 0.29) is 16.8 Å². The SMILES string of the molecule is CC(C)(C)OCc1ccc(CN2CCN(CCOCCOCCOCCC(=O)C(C)(C)C)CC2)cc1. The third kappa shape index (κ3) is 13.8. The summed E-state index contributed by atoms with van der Waals surface area (Å²) in [5.41, 5.74) is 2.18. The number of carbonyl (C=O) groups is 1. The zero-order chi connectivity index (χ0) is 26.4. The molecule has 0 saturated carbocycles. The summed E-state index contributed by atoms with van der Waals surface area (Å²) in [6, 6.07) is 8.82. The van der Waals surface area contributed by atoms with E-state index in [1.807, 2.05) is 20.8 Å². The van der Waals surface area contributed by atoms with Crippen LogP contribution in [0.25, 0.3) is 0 Å². The molecule has 1 saturated heterocycles. The first kappa shape index (κ1) is 30.9. The Hall–Kier alpha value is -1.35. The molecule has 0 bridgehead atoms. The fourth-order valence-electron chi connectivity index (χ4n) is 3.75. The van der Waals surface area contributed by atoms with Crippen molar-refractivity contribution in [1.82, 2.24) is 9.80 Å². The molecule has 0 spiro atoms. The van der Waals surface area contributed by atoms with E-state index in [1.165, 1.54) is 11.1 Å². The summed E-state index contributed by atoms with van der Waals surface area (Å²) in [5.74, 6) is 0.228. The van der Waals surface area contributed by atoms with Gasteiger partial charge in [-0.2, -0.15) is 0 Å². The Morgan fingerprint density at radius 1 is 0.722 bits per heavy atom. The molecule has 7 heteroatoms. The van der Waals surface area contributed by atoms with E-state index in [1.54, 1.807) is 0 Å². The summed E-state index contributed by atoms with van der Waals surface area (Å²) in [4.78, 5) is 16.8. The van der Waals surface area contributed by atoms with Crippen LogP contribution in [0.2, 0.25) is 0 Å². The van der Waals surface area contributed by atoms with Crippen molar-refractivity contribution < 1.29 is 23.7 Å². The van der Waals surface area contributed by atoms with Crippen molar-refractivity contribution in [3.05, 3.63) is 35.4 Å². The summed E-state index contributed by atoms with van der Waals surface area (Å²) in [6.45, 7) is 22.4. The minimum Gasteiger partial charge on any atom is -0.379 e. The summed E-state index contributed by atoms with van der Waals surface area (Å²) < 4.78 is 22.6. The number of hydrogen-bond donors (Lipinski definition) is 0. The number of carbonyl (C=O) groups excluding carboxylic acids is 1. The van der Waals surface area contributed by atoms with Gasteiger partial charge < -0.3 is 18.9 Å². The second kappa shape index (κ2) is 15.8. The molecular formula is C29H50N2O5. The zero-order valence-corrected chi connectivity index (χ0v) is 23.6. The molecular weight excluding hydrogens is 456 g/mol. The van der Waals surface area contributed by atoms with Gasteiger partial charge in [0.1, 0.15) is 5.78 Å². The van der Waals surface area contributed by atoms with Crippen LogP contribution in [-0.2, 0) is 36.9 Å². The van der Waals surface area contributed by atoms with E-state index in [4.69, 9.17) is 18.9 Å².